The smallest absolute Gasteiger partial charge is 0.307 e. The van der Waals surface area contributed by atoms with Crippen molar-refractivity contribution in [1.82, 2.24) is 4.90 Å². The van der Waals surface area contributed by atoms with Crippen LogP contribution in [0.5, 0.6) is 0 Å². The molecular weight excluding hydrogens is 257 g/mol. The molecule has 3 nitrogen and oxygen atoms in total. The van der Waals surface area contributed by atoms with Gasteiger partial charge < -0.3 is 5.11 Å². The molecule has 1 aromatic rings. The van der Waals surface area contributed by atoms with Crippen LogP contribution in [0.4, 0.5) is 4.39 Å². The second-order valence-electron chi connectivity index (χ2n) is 4.32. The lowest BCUT2D eigenvalue weighted by Crippen LogP contribution is -2.31. The predicted molar refractivity (Wildman–Crippen MR) is 69.2 cm³/mol. The molecule has 1 N–H and O–H groups in total. The van der Waals surface area contributed by atoms with Gasteiger partial charge in [-0.15, -0.1) is 0 Å². The number of carboxylic acid groups (broad SMARTS) is 1. The average molecular weight is 274 g/mol. The third-order valence-corrected chi connectivity index (χ3v) is 3.08. The number of carbonyl (C=O) groups is 1. The summed E-state index contributed by atoms with van der Waals surface area (Å²) in [7, 11) is 0. The van der Waals surface area contributed by atoms with E-state index in [0.717, 1.165) is 12.1 Å². The van der Waals surface area contributed by atoms with Gasteiger partial charge in [0, 0.05) is 13.1 Å². The van der Waals surface area contributed by atoms with E-state index in [4.69, 9.17) is 16.7 Å². The van der Waals surface area contributed by atoms with Crippen LogP contribution in [-0.4, -0.2) is 29.1 Å². The summed E-state index contributed by atoms with van der Waals surface area (Å²) in [5.41, 5.74) is 0.876. The Hall–Kier alpha value is -1.13. The van der Waals surface area contributed by atoms with Crippen LogP contribution >= 0.6 is 11.6 Å². The monoisotopic (exact) mass is 273 g/mol. The molecule has 0 aliphatic rings. The summed E-state index contributed by atoms with van der Waals surface area (Å²) in [4.78, 5) is 12.8. The van der Waals surface area contributed by atoms with Crippen LogP contribution in [0.2, 0.25) is 5.02 Å². The highest BCUT2D eigenvalue weighted by Gasteiger charge is 2.15. The van der Waals surface area contributed by atoms with Gasteiger partial charge in [-0.3, -0.25) is 9.69 Å². The van der Waals surface area contributed by atoms with Crippen LogP contribution in [0.15, 0.2) is 18.2 Å². The van der Waals surface area contributed by atoms with Crippen molar-refractivity contribution >= 4 is 17.6 Å². The first-order chi connectivity index (χ1) is 8.43. The molecule has 100 valence electrons. The largest absolute Gasteiger partial charge is 0.481 e. The van der Waals surface area contributed by atoms with Gasteiger partial charge in [0.1, 0.15) is 5.82 Å². The second kappa shape index (κ2) is 6.71. The highest BCUT2D eigenvalue weighted by molar-refractivity contribution is 6.30. The van der Waals surface area contributed by atoms with Gasteiger partial charge in [0.2, 0.25) is 0 Å². The molecule has 0 aromatic heterocycles. The fraction of sp³-hybridized carbons (Fsp3) is 0.462. The first-order valence-electron chi connectivity index (χ1n) is 5.83. The molecule has 1 aromatic carbocycles. The molecule has 1 atom stereocenters. The molecule has 0 spiro atoms. The molecule has 0 bridgehead atoms. The molecule has 0 heterocycles. The van der Waals surface area contributed by atoms with Crippen molar-refractivity contribution in [3.63, 3.8) is 0 Å². The van der Waals surface area contributed by atoms with E-state index in [1.807, 2.05) is 11.8 Å². The Kier molecular flexibility index (Phi) is 5.56. The zero-order valence-corrected chi connectivity index (χ0v) is 11.2. The normalized spacial score (nSPS) is 12.7. The Morgan fingerprint density at radius 3 is 2.72 bits per heavy atom. The van der Waals surface area contributed by atoms with Crippen molar-refractivity contribution in [2.24, 2.45) is 5.92 Å². The van der Waals surface area contributed by atoms with E-state index < -0.39 is 17.7 Å². The number of aliphatic carboxylic acids is 1. The van der Waals surface area contributed by atoms with Crippen molar-refractivity contribution in [2.45, 2.75) is 20.4 Å². The molecule has 1 unspecified atom stereocenters. The summed E-state index contributed by atoms with van der Waals surface area (Å²) in [6.45, 7) is 5.38. The third-order valence-electron chi connectivity index (χ3n) is 2.79. The lowest BCUT2D eigenvalue weighted by Gasteiger charge is -2.22. The van der Waals surface area contributed by atoms with Crippen molar-refractivity contribution in [1.29, 1.82) is 0 Å². The quantitative estimate of drug-likeness (QED) is 0.866. The highest BCUT2D eigenvalue weighted by atomic mass is 35.5. The average Bonchev–Trinajstić information content (AvgIpc) is 2.32. The Morgan fingerprint density at radius 2 is 2.22 bits per heavy atom. The first-order valence-corrected chi connectivity index (χ1v) is 6.21. The fourth-order valence-electron chi connectivity index (χ4n) is 1.67. The first kappa shape index (κ1) is 14.9. The van der Waals surface area contributed by atoms with Gasteiger partial charge in [0.15, 0.2) is 0 Å². The number of rotatable bonds is 6. The number of carboxylic acids is 1. The molecule has 0 amide bonds. The van der Waals surface area contributed by atoms with Crippen molar-refractivity contribution in [3.8, 4) is 0 Å². The number of hydrogen-bond donors (Lipinski definition) is 1. The van der Waals surface area contributed by atoms with E-state index in [2.05, 4.69) is 0 Å². The van der Waals surface area contributed by atoms with Gasteiger partial charge in [-0.25, -0.2) is 4.39 Å². The highest BCUT2D eigenvalue weighted by Crippen LogP contribution is 2.17. The van der Waals surface area contributed by atoms with Crippen molar-refractivity contribution in [2.75, 3.05) is 13.1 Å². The minimum absolute atomic E-state index is 0.0924. The maximum Gasteiger partial charge on any atom is 0.307 e. The Balaban J connectivity index is 2.67. The van der Waals surface area contributed by atoms with Crippen LogP contribution < -0.4 is 0 Å². The summed E-state index contributed by atoms with van der Waals surface area (Å²) in [6.07, 6.45) is 0. The van der Waals surface area contributed by atoms with Crippen LogP contribution in [0, 0.1) is 11.7 Å². The van der Waals surface area contributed by atoms with E-state index >= 15 is 0 Å². The van der Waals surface area contributed by atoms with Gasteiger partial charge in [-0.2, -0.15) is 0 Å². The Labute approximate surface area is 111 Å². The molecule has 18 heavy (non-hydrogen) atoms. The summed E-state index contributed by atoms with van der Waals surface area (Å²) in [5.74, 6) is -1.69. The Bertz CT molecular complexity index is 425. The fourth-order valence-corrected chi connectivity index (χ4v) is 1.87. The van der Waals surface area contributed by atoms with E-state index in [0.29, 0.717) is 13.1 Å². The Morgan fingerprint density at radius 1 is 1.56 bits per heavy atom. The van der Waals surface area contributed by atoms with Crippen LogP contribution in [0.25, 0.3) is 0 Å². The maximum absolute atomic E-state index is 13.0. The zero-order chi connectivity index (χ0) is 13.7. The summed E-state index contributed by atoms with van der Waals surface area (Å²) < 4.78 is 13.0. The SMILES string of the molecule is CCN(Cc1ccc(F)c(Cl)c1)CC(C)C(=O)O. The van der Waals surface area contributed by atoms with Gasteiger partial charge >= 0.3 is 5.97 Å². The van der Waals surface area contributed by atoms with Crippen LogP contribution in [0.1, 0.15) is 19.4 Å². The standard InChI is InChI=1S/C13H17ClFNO2/c1-3-16(7-9(2)13(17)18)8-10-4-5-12(15)11(14)6-10/h4-6,9H,3,7-8H2,1-2H3,(H,17,18). The van der Waals surface area contributed by atoms with Crippen molar-refractivity contribution < 1.29 is 14.3 Å². The molecule has 0 radical (unpaired) electrons. The second-order valence-corrected chi connectivity index (χ2v) is 4.72. The van der Waals surface area contributed by atoms with E-state index in [1.54, 1.807) is 19.1 Å². The molecule has 1 rings (SSSR count). The summed E-state index contributed by atoms with van der Waals surface area (Å²) in [6, 6.07) is 4.56. The minimum Gasteiger partial charge on any atom is -0.481 e. The van der Waals surface area contributed by atoms with E-state index in [-0.39, 0.29) is 5.02 Å². The summed E-state index contributed by atoms with van der Waals surface area (Å²) >= 11 is 5.71. The zero-order valence-electron chi connectivity index (χ0n) is 10.5. The third kappa shape index (κ3) is 4.27. The summed E-state index contributed by atoms with van der Waals surface area (Å²) in [5, 5.41) is 8.97. The molecule has 0 aliphatic heterocycles. The topological polar surface area (TPSA) is 40.5 Å². The minimum atomic E-state index is -0.814. The van der Waals surface area contributed by atoms with Gasteiger partial charge in [-0.05, 0) is 24.2 Å². The van der Waals surface area contributed by atoms with E-state index in [1.165, 1.54) is 6.07 Å². The number of hydrogen-bond acceptors (Lipinski definition) is 2. The lowest BCUT2D eigenvalue weighted by atomic mass is 10.1. The molecule has 0 saturated carbocycles. The molecule has 0 aliphatic carbocycles. The van der Waals surface area contributed by atoms with Gasteiger partial charge in [0.25, 0.3) is 0 Å². The maximum atomic E-state index is 13.0. The molecular formula is C13H17ClFNO2. The molecule has 5 heteroatoms. The van der Waals surface area contributed by atoms with Gasteiger partial charge in [-0.1, -0.05) is 31.5 Å². The lowest BCUT2D eigenvalue weighted by molar-refractivity contribution is -0.141. The van der Waals surface area contributed by atoms with E-state index in [9.17, 15) is 9.18 Å². The van der Waals surface area contributed by atoms with Crippen LogP contribution in [0.3, 0.4) is 0 Å². The predicted octanol–water partition coefficient (Wildman–Crippen LogP) is 3.02. The van der Waals surface area contributed by atoms with Crippen molar-refractivity contribution in [3.05, 3.63) is 34.6 Å². The number of nitrogens with zero attached hydrogens (tertiary/aromatic N) is 1. The number of halogens is 2. The van der Waals surface area contributed by atoms with Gasteiger partial charge in [0.05, 0.1) is 10.9 Å². The van der Waals surface area contributed by atoms with Crippen LogP contribution in [-0.2, 0) is 11.3 Å². The molecule has 0 saturated heterocycles. The number of benzene rings is 1. The molecule has 0 fully saturated rings.